The molecule has 0 aromatic heterocycles. The van der Waals surface area contributed by atoms with Crippen molar-refractivity contribution in [2.75, 3.05) is 13.2 Å². The summed E-state index contributed by atoms with van der Waals surface area (Å²) in [6.45, 7) is 5.43. The van der Waals surface area contributed by atoms with Gasteiger partial charge in [0.1, 0.15) is 0 Å². The molecule has 8 nitrogen and oxygen atoms in total. The third-order valence-electron chi connectivity index (χ3n) is 13.2. The van der Waals surface area contributed by atoms with E-state index in [1.165, 1.54) is 0 Å². The van der Waals surface area contributed by atoms with Crippen LogP contribution in [0.15, 0.2) is 24.3 Å². The predicted molar refractivity (Wildman–Crippen MR) is 183 cm³/mol. The summed E-state index contributed by atoms with van der Waals surface area (Å²) >= 11 is 0. The average molecular weight is 639 g/mol. The lowest BCUT2D eigenvalue weighted by Crippen LogP contribution is -2.45. The molecular weight excluding hydrogens is 576 g/mol. The van der Waals surface area contributed by atoms with Crippen LogP contribution in [0.2, 0.25) is 0 Å². The largest absolute Gasteiger partial charge is 0.461 e. The molecule has 4 saturated carbocycles. The van der Waals surface area contributed by atoms with Crippen LogP contribution < -0.4 is 22.9 Å². The van der Waals surface area contributed by atoms with Crippen LogP contribution in [0.3, 0.4) is 0 Å². The van der Waals surface area contributed by atoms with Crippen LogP contribution in [0.25, 0.3) is 0 Å². The number of carbonyl (C=O) groups is 2. The van der Waals surface area contributed by atoms with E-state index in [-0.39, 0.29) is 46.9 Å². The van der Waals surface area contributed by atoms with Crippen LogP contribution in [0, 0.1) is 34.5 Å². The lowest BCUT2D eigenvalue weighted by atomic mass is 9.59. The number of hydrogen-bond acceptors (Lipinski definition) is 8. The number of nitrogens with two attached hydrogens (primary N) is 4. The predicted octanol–water partition coefficient (Wildman–Crippen LogP) is 6.08. The van der Waals surface area contributed by atoms with Gasteiger partial charge in [0.15, 0.2) is 0 Å². The summed E-state index contributed by atoms with van der Waals surface area (Å²) in [5, 5.41) is 0. The molecule has 5 rings (SSSR count). The molecule has 8 N–H and O–H groups in total. The number of carbonyl (C=O) groups excluding carboxylic acids is 2. The number of benzene rings is 1. The first-order chi connectivity index (χ1) is 22.0. The van der Waals surface area contributed by atoms with E-state index in [1.54, 1.807) is 24.3 Å². The van der Waals surface area contributed by atoms with Crippen molar-refractivity contribution in [3.63, 3.8) is 0 Å². The maximum Gasteiger partial charge on any atom is 0.338 e. The first-order valence-electron chi connectivity index (χ1n) is 18.4. The molecule has 0 radical (unpaired) electrons. The van der Waals surface area contributed by atoms with Crippen molar-refractivity contribution in [2.24, 2.45) is 57.4 Å². The minimum absolute atomic E-state index is 0.0981. The third-order valence-corrected chi connectivity index (χ3v) is 13.2. The van der Waals surface area contributed by atoms with Crippen molar-refractivity contribution in [3.8, 4) is 0 Å². The Kier molecular flexibility index (Phi) is 11.9. The molecular formula is C38H62N4O4. The highest BCUT2D eigenvalue weighted by Crippen LogP contribution is 2.50. The first kappa shape index (κ1) is 35.3. The molecule has 0 atom stereocenters. The van der Waals surface area contributed by atoms with E-state index in [9.17, 15) is 9.59 Å². The summed E-state index contributed by atoms with van der Waals surface area (Å²) in [4.78, 5) is 26.6. The zero-order valence-electron chi connectivity index (χ0n) is 28.6. The lowest BCUT2D eigenvalue weighted by molar-refractivity contribution is -0.0334. The van der Waals surface area contributed by atoms with Gasteiger partial charge in [-0.2, -0.15) is 0 Å². The fourth-order valence-electron chi connectivity index (χ4n) is 9.60. The van der Waals surface area contributed by atoms with E-state index in [2.05, 4.69) is 13.8 Å². The van der Waals surface area contributed by atoms with E-state index in [4.69, 9.17) is 32.4 Å². The second-order valence-corrected chi connectivity index (χ2v) is 16.2. The molecule has 0 unspecified atom stereocenters. The van der Waals surface area contributed by atoms with Crippen LogP contribution >= 0.6 is 0 Å². The maximum atomic E-state index is 13.3. The van der Waals surface area contributed by atoms with Gasteiger partial charge in [0.25, 0.3) is 0 Å². The fourth-order valence-corrected chi connectivity index (χ4v) is 9.60. The highest BCUT2D eigenvalue weighted by atomic mass is 16.5. The second kappa shape index (κ2) is 15.5. The van der Waals surface area contributed by atoms with Gasteiger partial charge < -0.3 is 32.4 Å². The SMILES string of the molecule is CC(COC(=O)c1ccc(C(=O)OCC(C)(C2CCC(N)CC2)C2CCC(N)CC2)cc1)(C1CCC(N)CC1)C1CCC(N)CC1. The highest BCUT2D eigenvalue weighted by Gasteiger charge is 2.46. The number of rotatable bonds is 10. The Morgan fingerprint density at radius 3 is 0.935 bits per heavy atom. The maximum absolute atomic E-state index is 13.3. The van der Waals surface area contributed by atoms with E-state index >= 15 is 0 Å². The second-order valence-electron chi connectivity index (χ2n) is 16.2. The molecule has 0 spiro atoms. The molecule has 1 aromatic carbocycles. The Bertz CT molecular complexity index is 993. The van der Waals surface area contributed by atoms with Gasteiger partial charge in [-0.05, 0) is 151 Å². The molecule has 4 aliphatic rings. The number of hydrogen-bond donors (Lipinski definition) is 4. The standard InChI is InChI=1S/C38H62N4O4/c1-37(27-7-15-31(39)16-8-27,28-9-17-32(40)18-10-28)23-45-35(43)25-3-5-26(6-4-25)36(44)46-24-38(2,29-11-19-33(41)20-12-29)30-13-21-34(42)22-14-30/h3-6,27-34H,7-24,39-42H2,1-2H3. The molecule has 4 aliphatic carbocycles. The quantitative estimate of drug-likeness (QED) is 0.225. The van der Waals surface area contributed by atoms with E-state index in [0.717, 1.165) is 103 Å². The molecule has 258 valence electrons. The normalized spacial score (nSPS) is 34.9. The minimum atomic E-state index is -0.343. The van der Waals surface area contributed by atoms with E-state index in [0.29, 0.717) is 48.0 Å². The molecule has 0 heterocycles. The van der Waals surface area contributed by atoms with Gasteiger partial charge >= 0.3 is 11.9 Å². The van der Waals surface area contributed by atoms with Crippen LogP contribution in [0.5, 0.6) is 0 Å². The van der Waals surface area contributed by atoms with Gasteiger partial charge in [0.2, 0.25) is 0 Å². The van der Waals surface area contributed by atoms with Gasteiger partial charge in [0, 0.05) is 35.0 Å². The minimum Gasteiger partial charge on any atom is -0.461 e. The molecule has 0 aliphatic heterocycles. The monoisotopic (exact) mass is 638 g/mol. The highest BCUT2D eigenvalue weighted by molar-refractivity contribution is 5.93. The average Bonchev–Trinajstić information content (AvgIpc) is 3.07. The zero-order valence-corrected chi connectivity index (χ0v) is 28.6. The van der Waals surface area contributed by atoms with Crippen molar-refractivity contribution in [2.45, 2.75) is 141 Å². The summed E-state index contributed by atoms with van der Waals surface area (Å²) in [6, 6.07) is 7.88. The van der Waals surface area contributed by atoms with Crippen molar-refractivity contribution < 1.29 is 19.1 Å². The van der Waals surface area contributed by atoms with Gasteiger partial charge in [-0.3, -0.25) is 0 Å². The molecule has 8 heteroatoms. The molecule has 0 amide bonds. The summed E-state index contributed by atoms with van der Waals surface area (Å²) in [5.41, 5.74) is 25.7. The van der Waals surface area contributed by atoms with Crippen molar-refractivity contribution in [3.05, 3.63) is 35.4 Å². The van der Waals surface area contributed by atoms with Crippen LogP contribution in [0.4, 0.5) is 0 Å². The van der Waals surface area contributed by atoms with Crippen LogP contribution in [-0.2, 0) is 9.47 Å². The van der Waals surface area contributed by atoms with Gasteiger partial charge in [-0.15, -0.1) is 0 Å². The topological polar surface area (TPSA) is 157 Å². The third kappa shape index (κ3) is 8.34. The number of esters is 2. The van der Waals surface area contributed by atoms with Gasteiger partial charge in [-0.25, -0.2) is 9.59 Å². The Morgan fingerprint density at radius 1 is 0.500 bits per heavy atom. The number of ether oxygens (including phenoxy) is 2. The van der Waals surface area contributed by atoms with Gasteiger partial charge in [-0.1, -0.05) is 13.8 Å². The molecule has 0 bridgehead atoms. The van der Waals surface area contributed by atoms with Crippen molar-refractivity contribution >= 4 is 11.9 Å². The van der Waals surface area contributed by atoms with E-state index < -0.39 is 0 Å². The Morgan fingerprint density at radius 2 is 0.717 bits per heavy atom. The first-order valence-corrected chi connectivity index (χ1v) is 18.4. The Balaban J connectivity index is 1.20. The Hall–Kier alpha value is -2.00. The van der Waals surface area contributed by atoms with Crippen molar-refractivity contribution in [1.82, 2.24) is 0 Å². The van der Waals surface area contributed by atoms with Crippen LogP contribution in [-0.4, -0.2) is 49.3 Å². The molecule has 0 saturated heterocycles. The lowest BCUT2D eigenvalue weighted by Gasteiger charge is -2.47. The summed E-state index contributed by atoms with van der Waals surface area (Å²) in [5.74, 6) is 1.25. The zero-order chi connectivity index (χ0) is 32.9. The van der Waals surface area contributed by atoms with E-state index in [1.807, 2.05) is 0 Å². The van der Waals surface area contributed by atoms with Crippen molar-refractivity contribution in [1.29, 1.82) is 0 Å². The summed E-state index contributed by atoms with van der Waals surface area (Å²) in [7, 11) is 0. The van der Waals surface area contributed by atoms with Crippen LogP contribution in [0.1, 0.15) is 137 Å². The molecule has 46 heavy (non-hydrogen) atoms. The molecule has 4 fully saturated rings. The summed E-state index contributed by atoms with van der Waals surface area (Å²) in [6.07, 6.45) is 16.9. The fraction of sp³-hybridized carbons (Fsp3) is 0.789. The van der Waals surface area contributed by atoms with Gasteiger partial charge in [0.05, 0.1) is 24.3 Å². The smallest absolute Gasteiger partial charge is 0.338 e. The Labute approximate surface area is 277 Å². The molecule has 1 aromatic rings. The summed E-state index contributed by atoms with van der Waals surface area (Å²) < 4.78 is 12.1.